The Morgan fingerprint density at radius 3 is 3.15 bits per heavy atom. The van der Waals surface area contributed by atoms with E-state index in [1.807, 2.05) is 11.4 Å². The first-order valence-corrected chi connectivity index (χ1v) is 7.27. The molecule has 0 fully saturated rings. The van der Waals surface area contributed by atoms with E-state index in [9.17, 15) is 4.79 Å². The summed E-state index contributed by atoms with van der Waals surface area (Å²) in [7, 11) is 0. The Hall–Kier alpha value is -1.86. The summed E-state index contributed by atoms with van der Waals surface area (Å²) in [4.78, 5) is 12.7. The number of amides is 1. The van der Waals surface area contributed by atoms with Crippen LogP contribution in [0.4, 0.5) is 5.69 Å². The molecule has 2 aromatic heterocycles. The summed E-state index contributed by atoms with van der Waals surface area (Å²) < 4.78 is 1.57. The largest absolute Gasteiger partial charge is 0.395 e. The SMILES string of the molecule is CC(Nc1cnn(CC(=O)NCCO)c1)c1cccs1. The number of aromatic nitrogens is 2. The van der Waals surface area contributed by atoms with E-state index >= 15 is 0 Å². The summed E-state index contributed by atoms with van der Waals surface area (Å²) in [5.41, 5.74) is 0.876. The van der Waals surface area contributed by atoms with Crippen LogP contribution in [0.25, 0.3) is 0 Å². The number of carbonyl (C=O) groups is 1. The van der Waals surface area contributed by atoms with Gasteiger partial charge in [-0.1, -0.05) is 6.07 Å². The first-order valence-electron chi connectivity index (χ1n) is 6.39. The molecule has 0 aromatic carbocycles. The molecule has 2 rings (SSSR count). The number of rotatable bonds is 7. The molecule has 0 saturated heterocycles. The van der Waals surface area contributed by atoms with Crippen molar-refractivity contribution in [2.24, 2.45) is 0 Å². The molecule has 0 radical (unpaired) electrons. The Balaban J connectivity index is 1.87. The molecule has 2 heterocycles. The van der Waals surface area contributed by atoms with E-state index in [1.54, 1.807) is 28.4 Å². The molecule has 1 atom stereocenters. The molecular formula is C13H18N4O2S. The van der Waals surface area contributed by atoms with E-state index < -0.39 is 0 Å². The number of hydrogen-bond donors (Lipinski definition) is 3. The average molecular weight is 294 g/mol. The molecule has 0 spiro atoms. The second kappa shape index (κ2) is 7.06. The minimum Gasteiger partial charge on any atom is -0.395 e. The van der Waals surface area contributed by atoms with Gasteiger partial charge in [-0.15, -0.1) is 11.3 Å². The van der Waals surface area contributed by atoms with Gasteiger partial charge >= 0.3 is 0 Å². The molecule has 1 unspecified atom stereocenters. The molecule has 6 nitrogen and oxygen atoms in total. The van der Waals surface area contributed by atoms with E-state index in [0.29, 0.717) is 0 Å². The summed E-state index contributed by atoms with van der Waals surface area (Å²) in [5, 5.41) is 20.7. The van der Waals surface area contributed by atoms with Crippen molar-refractivity contribution in [2.45, 2.75) is 19.5 Å². The van der Waals surface area contributed by atoms with Crippen LogP contribution in [0.5, 0.6) is 0 Å². The van der Waals surface area contributed by atoms with Crippen molar-refractivity contribution in [3.8, 4) is 0 Å². The molecule has 0 aliphatic carbocycles. The Bertz CT molecular complexity index is 538. The second-order valence-electron chi connectivity index (χ2n) is 4.38. The van der Waals surface area contributed by atoms with Crippen LogP contribution in [0, 0.1) is 0 Å². The Labute approximate surface area is 121 Å². The van der Waals surface area contributed by atoms with Crippen molar-refractivity contribution < 1.29 is 9.90 Å². The van der Waals surface area contributed by atoms with Crippen LogP contribution in [-0.4, -0.2) is 33.9 Å². The van der Waals surface area contributed by atoms with Gasteiger partial charge in [0.1, 0.15) is 6.54 Å². The predicted octanol–water partition coefficient (Wildman–Crippen LogP) is 1.23. The monoisotopic (exact) mass is 294 g/mol. The molecule has 1 amide bonds. The predicted molar refractivity (Wildman–Crippen MR) is 78.7 cm³/mol. The van der Waals surface area contributed by atoms with E-state index in [2.05, 4.69) is 28.7 Å². The fourth-order valence-corrected chi connectivity index (χ4v) is 2.52. The van der Waals surface area contributed by atoms with Gasteiger partial charge in [-0.05, 0) is 18.4 Å². The van der Waals surface area contributed by atoms with E-state index in [4.69, 9.17) is 5.11 Å². The van der Waals surface area contributed by atoms with Crippen LogP contribution in [0.2, 0.25) is 0 Å². The van der Waals surface area contributed by atoms with Crippen LogP contribution in [0.1, 0.15) is 17.8 Å². The third-order valence-corrected chi connectivity index (χ3v) is 3.78. The number of nitrogens with zero attached hydrogens (tertiary/aromatic N) is 2. The van der Waals surface area contributed by atoms with Crippen LogP contribution in [-0.2, 0) is 11.3 Å². The normalized spacial score (nSPS) is 12.1. The highest BCUT2D eigenvalue weighted by Crippen LogP contribution is 2.22. The molecule has 2 aromatic rings. The van der Waals surface area contributed by atoms with E-state index in [-0.39, 0.29) is 31.6 Å². The molecular weight excluding hydrogens is 276 g/mol. The van der Waals surface area contributed by atoms with Gasteiger partial charge in [0.25, 0.3) is 0 Å². The molecule has 7 heteroatoms. The maximum atomic E-state index is 11.5. The van der Waals surface area contributed by atoms with Crippen LogP contribution >= 0.6 is 11.3 Å². The number of hydrogen-bond acceptors (Lipinski definition) is 5. The Kier molecular flexibility index (Phi) is 5.14. The lowest BCUT2D eigenvalue weighted by atomic mass is 10.3. The van der Waals surface area contributed by atoms with E-state index in [1.165, 1.54) is 4.88 Å². The van der Waals surface area contributed by atoms with Crippen LogP contribution in [0.3, 0.4) is 0 Å². The summed E-state index contributed by atoms with van der Waals surface area (Å²) in [6.07, 6.45) is 3.49. The molecule has 20 heavy (non-hydrogen) atoms. The second-order valence-corrected chi connectivity index (χ2v) is 5.36. The fraction of sp³-hybridized carbons (Fsp3) is 0.385. The molecule has 108 valence electrons. The number of aliphatic hydroxyl groups excluding tert-OH is 1. The van der Waals surface area contributed by atoms with Gasteiger partial charge in [-0.2, -0.15) is 5.10 Å². The zero-order valence-corrected chi connectivity index (χ0v) is 12.1. The van der Waals surface area contributed by atoms with Crippen molar-refractivity contribution in [3.05, 3.63) is 34.8 Å². The van der Waals surface area contributed by atoms with Crippen molar-refractivity contribution in [1.29, 1.82) is 0 Å². The molecule has 3 N–H and O–H groups in total. The van der Waals surface area contributed by atoms with Gasteiger partial charge in [0, 0.05) is 17.6 Å². The standard InChI is InChI=1S/C13H18N4O2S/c1-10(12-3-2-6-20-12)16-11-7-15-17(8-11)9-13(19)14-4-5-18/h2-3,6-8,10,16,18H,4-5,9H2,1H3,(H,14,19). The van der Waals surface area contributed by atoms with Gasteiger partial charge in [0.05, 0.1) is 24.5 Å². The average Bonchev–Trinajstić information content (AvgIpc) is 3.08. The minimum absolute atomic E-state index is 0.0595. The van der Waals surface area contributed by atoms with Crippen molar-refractivity contribution >= 4 is 22.9 Å². The number of carbonyl (C=O) groups excluding carboxylic acids is 1. The van der Waals surface area contributed by atoms with Gasteiger partial charge in [-0.3, -0.25) is 9.48 Å². The number of anilines is 1. The first kappa shape index (κ1) is 14.5. The van der Waals surface area contributed by atoms with Crippen molar-refractivity contribution in [1.82, 2.24) is 15.1 Å². The lowest BCUT2D eigenvalue weighted by Gasteiger charge is -2.11. The third-order valence-electron chi connectivity index (χ3n) is 2.73. The topological polar surface area (TPSA) is 79.2 Å². The lowest BCUT2D eigenvalue weighted by Crippen LogP contribution is -2.30. The van der Waals surface area contributed by atoms with Crippen LogP contribution in [0.15, 0.2) is 29.9 Å². The Morgan fingerprint density at radius 2 is 2.45 bits per heavy atom. The maximum absolute atomic E-state index is 11.5. The maximum Gasteiger partial charge on any atom is 0.241 e. The number of nitrogens with one attached hydrogen (secondary N) is 2. The van der Waals surface area contributed by atoms with Gasteiger partial charge in [0.15, 0.2) is 0 Å². The van der Waals surface area contributed by atoms with Crippen molar-refractivity contribution in [3.63, 3.8) is 0 Å². The highest BCUT2D eigenvalue weighted by molar-refractivity contribution is 7.10. The highest BCUT2D eigenvalue weighted by Gasteiger charge is 2.08. The van der Waals surface area contributed by atoms with Gasteiger partial charge in [0.2, 0.25) is 5.91 Å². The lowest BCUT2D eigenvalue weighted by molar-refractivity contribution is -0.122. The molecule has 0 saturated carbocycles. The Morgan fingerprint density at radius 1 is 1.60 bits per heavy atom. The highest BCUT2D eigenvalue weighted by atomic mass is 32.1. The summed E-state index contributed by atoms with van der Waals surface area (Å²) in [6.45, 7) is 2.43. The first-order chi connectivity index (χ1) is 9.69. The van der Waals surface area contributed by atoms with Gasteiger partial charge in [-0.25, -0.2) is 0 Å². The zero-order valence-electron chi connectivity index (χ0n) is 11.2. The summed E-state index contributed by atoms with van der Waals surface area (Å²) in [5.74, 6) is -0.167. The quantitative estimate of drug-likeness (QED) is 0.717. The van der Waals surface area contributed by atoms with E-state index in [0.717, 1.165) is 5.69 Å². The smallest absolute Gasteiger partial charge is 0.241 e. The van der Waals surface area contributed by atoms with Crippen molar-refractivity contribution in [2.75, 3.05) is 18.5 Å². The van der Waals surface area contributed by atoms with Gasteiger partial charge < -0.3 is 15.7 Å². The number of thiophene rings is 1. The molecule has 0 bridgehead atoms. The molecule has 0 aliphatic heterocycles. The third kappa shape index (κ3) is 4.07. The molecule has 0 aliphatic rings. The summed E-state index contributed by atoms with van der Waals surface area (Å²) in [6, 6.07) is 4.30. The zero-order chi connectivity index (χ0) is 14.4. The number of aliphatic hydroxyl groups is 1. The fourth-order valence-electron chi connectivity index (χ4n) is 1.78. The van der Waals surface area contributed by atoms with Crippen LogP contribution < -0.4 is 10.6 Å². The summed E-state index contributed by atoms with van der Waals surface area (Å²) >= 11 is 1.70. The minimum atomic E-state index is -0.167.